The SMILES string of the molecule is O=C(CCN1CCCC[C@H]1CCc1ccccn1)Nc1cccnc1. The maximum absolute atomic E-state index is 12.2. The monoisotopic (exact) mass is 338 g/mol. The summed E-state index contributed by atoms with van der Waals surface area (Å²) in [6, 6.07) is 10.3. The maximum atomic E-state index is 12.2. The van der Waals surface area contributed by atoms with Crippen molar-refractivity contribution in [3.63, 3.8) is 0 Å². The molecule has 0 unspecified atom stereocenters. The number of amides is 1. The average Bonchev–Trinajstić information content (AvgIpc) is 2.67. The van der Waals surface area contributed by atoms with E-state index in [2.05, 4.69) is 26.3 Å². The van der Waals surface area contributed by atoms with Gasteiger partial charge in [-0.15, -0.1) is 0 Å². The summed E-state index contributed by atoms with van der Waals surface area (Å²) >= 11 is 0. The van der Waals surface area contributed by atoms with Crippen LogP contribution in [-0.2, 0) is 11.2 Å². The van der Waals surface area contributed by atoms with E-state index < -0.39 is 0 Å². The van der Waals surface area contributed by atoms with Crippen LogP contribution in [0.5, 0.6) is 0 Å². The highest BCUT2D eigenvalue weighted by Gasteiger charge is 2.22. The van der Waals surface area contributed by atoms with Crippen LogP contribution in [0.25, 0.3) is 0 Å². The van der Waals surface area contributed by atoms with E-state index in [-0.39, 0.29) is 5.91 Å². The lowest BCUT2D eigenvalue weighted by Gasteiger charge is -2.35. The number of anilines is 1. The molecular weight excluding hydrogens is 312 g/mol. The van der Waals surface area contributed by atoms with E-state index in [1.54, 1.807) is 12.4 Å². The molecule has 5 heteroatoms. The van der Waals surface area contributed by atoms with Crippen molar-refractivity contribution in [1.82, 2.24) is 14.9 Å². The van der Waals surface area contributed by atoms with E-state index in [1.165, 1.54) is 19.3 Å². The predicted molar refractivity (Wildman–Crippen MR) is 99.3 cm³/mol. The molecule has 0 bridgehead atoms. The van der Waals surface area contributed by atoms with Crippen molar-refractivity contribution in [2.45, 2.75) is 44.6 Å². The molecule has 0 saturated carbocycles. The fourth-order valence-corrected chi connectivity index (χ4v) is 3.45. The standard InChI is InChI=1S/C20H26N4O/c25-20(23-18-7-5-12-21-16-18)11-15-24-14-4-2-8-19(24)10-9-17-6-1-3-13-22-17/h1,3,5-7,12-13,16,19H,2,4,8-11,14-15H2,(H,23,25)/t19-/m0/s1. The molecule has 1 aliphatic rings. The van der Waals surface area contributed by atoms with Crippen LogP contribution in [0.3, 0.4) is 0 Å². The van der Waals surface area contributed by atoms with Crippen molar-refractivity contribution in [3.8, 4) is 0 Å². The van der Waals surface area contributed by atoms with Gasteiger partial charge in [0, 0.05) is 37.1 Å². The molecule has 1 N–H and O–H groups in total. The van der Waals surface area contributed by atoms with Crippen molar-refractivity contribution in [3.05, 3.63) is 54.6 Å². The summed E-state index contributed by atoms with van der Waals surface area (Å²) in [5.41, 5.74) is 1.92. The number of hydrogen-bond donors (Lipinski definition) is 1. The summed E-state index contributed by atoms with van der Waals surface area (Å²) in [5.74, 6) is 0.0575. The van der Waals surface area contributed by atoms with Gasteiger partial charge in [0.15, 0.2) is 0 Å². The van der Waals surface area contributed by atoms with Gasteiger partial charge in [0.05, 0.1) is 11.9 Å². The zero-order valence-corrected chi connectivity index (χ0v) is 14.6. The van der Waals surface area contributed by atoms with E-state index in [0.717, 1.165) is 37.3 Å². The van der Waals surface area contributed by atoms with Gasteiger partial charge in [0.2, 0.25) is 5.91 Å². The molecule has 5 nitrogen and oxygen atoms in total. The zero-order valence-electron chi connectivity index (χ0n) is 14.6. The third kappa shape index (κ3) is 5.64. The molecule has 1 saturated heterocycles. The molecular formula is C20H26N4O. The fraction of sp³-hybridized carbons (Fsp3) is 0.450. The Balaban J connectivity index is 1.46. The summed E-state index contributed by atoms with van der Waals surface area (Å²) in [4.78, 5) is 23.1. The second-order valence-electron chi connectivity index (χ2n) is 6.59. The Kier molecular flexibility index (Phi) is 6.51. The maximum Gasteiger partial charge on any atom is 0.225 e. The molecule has 0 aliphatic carbocycles. The van der Waals surface area contributed by atoms with Gasteiger partial charge in [-0.3, -0.25) is 19.7 Å². The van der Waals surface area contributed by atoms with Crippen LogP contribution < -0.4 is 5.32 Å². The summed E-state index contributed by atoms with van der Waals surface area (Å²) in [7, 11) is 0. The van der Waals surface area contributed by atoms with Gasteiger partial charge in [-0.2, -0.15) is 0 Å². The Morgan fingerprint density at radius 1 is 1.20 bits per heavy atom. The predicted octanol–water partition coefficient (Wildman–Crippen LogP) is 3.29. The molecule has 3 rings (SSSR count). The summed E-state index contributed by atoms with van der Waals surface area (Å²) in [6.45, 7) is 1.91. The molecule has 132 valence electrons. The summed E-state index contributed by atoms with van der Waals surface area (Å²) in [5, 5.41) is 2.92. The number of nitrogens with zero attached hydrogens (tertiary/aromatic N) is 3. The number of likely N-dealkylation sites (tertiary alicyclic amines) is 1. The Morgan fingerprint density at radius 2 is 2.16 bits per heavy atom. The lowest BCUT2D eigenvalue weighted by molar-refractivity contribution is -0.116. The quantitative estimate of drug-likeness (QED) is 0.841. The first kappa shape index (κ1) is 17.5. The fourth-order valence-electron chi connectivity index (χ4n) is 3.45. The first-order valence-corrected chi connectivity index (χ1v) is 9.15. The van der Waals surface area contributed by atoms with Crippen LogP contribution in [0, 0.1) is 0 Å². The van der Waals surface area contributed by atoms with Crippen LogP contribution in [0.2, 0.25) is 0 Å². The number of piperidine rings is 1. The van der Waals surface area contributed by atoms with Gasteiger partial charge in [-0.1, -0.05) is 12.5 Å². The molecule has 0 spiro atoms. The van der Waals surface area contributed by atoms with Crippen LogP contribution >= 0.6 is 0 Å². The molecule has 25 heavy (non-hydrogen) atoms. The van der Waals surface area contributed by atoms with Crippen LogP contribution in [-0.4, -0.2) is 39.9 Å². The highest BCUT2D eigenvalue weighted by atomic mass is 16.1. The lowest BCUT2D eigenvalue weighted by atomic mass is 9.97. The minimum absolute atomic E-state index is 0.0575. The number of aryl methyl sites for hydroxylation is 1. The van der Waals surface area contributed by atoms with E-state index >= 15 is 0 Å². The van der Waals surface area contributed by atoms with Crippen LogP contribution in [0.1, 0.15) is 37.8 Å². The van der Waals surface area contributed by atoms with Gasteiger partial charge in [-0.05, 0) is 56.5 Å². The number of carbonyl (C=O) groups is 1. The Hall–Kier alpha value is -2.27. The molecule has 1 fully saturated rings. The van der Waals surface area contributed by atoms with E-state index in [9.17, 15) is 4.79 Å². The molecule has 2 aromatic rings. The van der Waals surface area contributed by atoms with Gasteiger partial charge < -0.3 is 5.32 Å². The highest BCUT2D eigenvalue weighted by Crippen LogP contribution is 2.21. The van der Waals surface area contributed by atoms with Gasteiger partial charge in [0.25, 0.3) is 0 Å². The Labute approximate surface area is 149 Å². The number of aromatic nitrogens is 2. The van der Waals surface area contributed by atoms with E-state index in [1.807, 2.05) is 30.5 Å². The molecule has 1 amide bonds. The summed E-state index contributed by atoms with van der Waals surface area (Å²) in [6.07, 6.45) is 11.6. The van der Waals surface area contributed by atoms with Crippen molar-refractivity contribution < 1.29 is 4.79 Å². The molecule has 1 aliphatic heterocycles. The molecule has 1 atom stereocenters. The second kappa shape index (κ2) is 9.28. The minimum Gasteiger partial charge on any atom is -0.325 e. The molecule has 0 radical (unpaired) electrons. The first-order valence-electron chi connectivity index (χ1n) is 9.15. The molecule has 3 heterocycles. The number of nitrogens with one attached hydrogen (secondary N) is 1. The Morgan fingerprint density at radius 3 is 2.96 bits per heavy atom. The largest absolute Gasteiger partial charge is 0.325 e. The van der Waals surface area contributed by atoms with Gasteiger partial charge in [0.1, 0.15) is 0 Å². The third-order valence-electron chi connectivity index (χ3n) is 4.78. The molecule has 2 aromatic heterocycles. The second-order valence-corrected chi connectivity index (χ2v) is 6.59. The lowest BCUT2D eigenvalue weighted by Crippen LogP contribution is -2.41. The number of rotatable bonds is 7. The molecule has 0 aromatic carbocycles. The van der Waals surface area contributed by atoms with Crippen molar-refractivity contribution >= 4 is 11.6 Å². The minimum atomic E-state index is 0.0575. The first-order chi connectivity index (χ1) is 12.3. The number of carbonyl (C=O) groups excluding carboxylic acids is 1. The van der Waals surface area contributed by atoms with Crippen molar-refractivity contribution in [2.75, 3.05) is 18.4 Å². The average molecular weight is 338 g/mol. The van der Waals surface area contributed by atoms with Gasteiger partial charge >= 0.3 is 0 Å². The number of pyridine rings is 2. The van der Waals surface area contributed by atoms with Gasteiger partial charge in [-0.25, -0.2) is 0 Å². The topological polar surface area (TPSA) is 58.1 Å². The van der Waals surface area contributed by atoms with Crippen molar-refractivity contribution in [1.29, 1.82) is 0 Å². The van der Waals surface area contributed by atoms with Crippen molar-refractivity contribution in [2.24, 2.45) is 0 Å². The highest BCUT2D eigenvalue weighted by molar-refractivity contribution is 5.90. The number of hydrogen-bond acceptors (Lipinski definition) is 4. The van der Waals surface area contributed by atoms with E-state index in [0.29, 0.717) is 12.5 Å². The van der Waals surface area contributed by atoms with Crippen LogP contribution in [0.4, 0.5) is 5.69 Å². The van der Waals surface area contributed by atoms with Crippen LogP contribution in [0.15, 0.2) is 48.9 Å². The Bertz CT molecular complexity index is 647. The normalized spacial score (nSPS) is 18.0. The third-order valence-corrected chi connectivity index (χ3v) is 4.78. The summed E-state index contributed by atoms with van der Waals surface area (Å²) < 4.78 is 0. The van der Waals surface area contributed by atoms with E-state index in [4.69, 9.17) is 0 Å². The zero-order chi connectivity index (χ0) is 17.3. The smallest absolute Gasteiger partial charge is 0.225 e.